The maximum absolute atomic E-state index is 16.3. The first-order valence-electron chi connectivity index (χ1n) is 23.1. The number of ether oxygens (including phenoxy) is 2. The Morgan fingerprint density at radius 3 is 2.32 bits per heavy atom. The van der Waals surface area contributed by atoms with Gasteiger partial charge in [-0.25, -0.2) is 23.1 Å². The summed E-state index contributed by atoms with van der Waals surface area (Å²) in [6, 6.07) is 14.1. The van der Waals surface area contributed by atoms with Crippen molar-refractivity contribution in [2.75, 3.05) is 13.2 Å². The van der Waals surface area contributed by atoms with E-state index in [1.54, 1.807) is 65.6 Å². The molecule has 0 radical (unpaired) electrons. The van der Waals surface area contributed by atoms with Crippen LogP contribution in [0.5, 0.6) is 0 Å². The van der Waals surface area contributed by atoms with Crippen LogP contribution >= 0.6 is 0 Å². The summed E-state index contributed by atoms with van der Waals surface area (Å²) < 4.78 is 57.0. The average Bonchev–Trinajstić information content (AvgIpc) is 3.92. The van der Waals surface area contributed by atoms with Gasteiger partial charge in [0.1, 0.15) is 22.9 Å². The quantitative estimate of drug-likeness (QED) is 0.170. The molecule has 4 aliphatic rings. The Kier molecular flexibility index (Phi) is 9.08. The van der Waals surface area contributed by atoms with Gasteiger partial charge in [0, 0.05) is 55.4 Å². The summed E-state index contributed by atoms with van der Waals surface area (Å²) in [4.78, 5) is 48.0. The molecule has 16 nitrogen and oxygen atoms in total. The highest BCUT2D eigenvalue weighted by Gasteiger charge is 2.61. The van der Waals surface area contributed by atoms with Crippen LogP contribution in [0.3, 0.4) is 0 Å². The molecule has 18 heteroatoms. The lowest BCUT2D eigenvalue weighted by molar-refractivity contribution is -0.235. The van der Waals surface area contributed by atoms with Gasteiger partial charge in [-0.15, -0.1) is 0 Å². The molecule has 8 heterocycles. The number of carbonyl (C=O) groups excluding carboxylic acids is 1. The minimum Gasteiger partial charge on any atom is -0.376 e. The Morgan fingerprint density at radius 2 is 1.65 bits per heavy atom. The molecule has 3 aliphatic heterocycles. The second-order valence-electron chi connectivity index (χ2n) is 19.9. The van der Waals surface area contributed by atoms with Gasteiger partial charge in [0.25, 0.3) is 5.91 Å². The average molecular weight is 925 g/mol. The minimum atomic E-state index is -1.11. The third-order valence-corrected chi connectivity index (χ3v) is 15.3. The van der Waals surface area contributed by atoms with Crippen molar-refractivity contribution in [2.45, 2.75) is 102 Å². The number of fused-ring (bicyclic) bond motifs is 3. The van der Waals surface area contributed by atoms with Gasteiger partial charge in [-0.2, -0.15) is 10.2 Å². The molecule has 5 atom stereocenters. The summed E-state index contributed by atoms with van der Waals surface area (Å²) in [6.45, 7) is 12.6. The lowest BCUT2D eigenvalue weighted by Gasteiger charge is -2.54. The second-order valence-corrected chi connectivity index (χ2v) is 19.9. The number of nitrogens with zero attached hydrogens (tertiary/aromatic N) is 9. The van der Waals surface area contributed by atoms with Crippen LogP contribution < -0.4 is 11.4 Å². The lowest BCUT2D eigenvalue weighted by atomic mass is 9.83. The number of imidazole rings is 1. The number of halogens is 2. The predicted octanol–water partition coefficient (Wildman–Crippen LogP) is 7.56. The zero-order chi connectivity index (χ0) is 47.3. The van der Waals surface area contributed by atoms with Gasteiger partial charge in [-0.05, 0) is 125 Å². The molecular formula is C50H50F2N10O6. The number of nitrogens with one attached hydrogen (secondary N) is 1. The number of benzene rings is 3. The van der Waals surface area contributed by atoms with Gasteiger partial charge >= 0.3 is 11.4 Å². The summed E-state index contributed by atoms with van der Waals surface area (Å²) in [5.41, 5.74) is 2.45. The van der Waals surface area contributed by atoms with Crippen molar-refractivity contribution < 1.29 is 27.6 Å². The molecule has 12 rings (SSSR count). The summed E-state index contributed by atoms with van der Waals surface area (Å²) in [5, 5.41) is 14.7. The van der Waals surface area contributed by atoms with E-state index in [1.807, 2.05) is 17.6 Å². The van der Waals surface area contributed by atoms with Crippen LogP contribution in [0, 0.1) is 31.4 Å². The number of hydrogen-bond acceptors (Lipinski definition) is 9. The number of hydrogen-bond donors (Lipinski definition) is 1. The lowest BCUT2D eigenvalue weighted by Crippen LogP contribution is -2.64. The molecule has 5 aromatic heterocycles. The molecule has 68 heavy (non-hydrogen) atoms. The van der Waals surface area contributed by atoms with Crippen molar-refractivity contribution in [1.29, 1.82) is 0 Å². The van der Waals surface area contributed by atoms with E-state index in [0.717, 1.165) is 29.3 Å². The van der Waals surface area contributed by atoms with E-state index in [2.05, 4.69) is 54.2 Å². The number of aryl methyl sites for hydroxylation is 3. The SMILES string of the molecule is Cc1cc(-n2nc3c(c2-n2ccn(-c4ccc5c(cnn5C)c4F)c2=O)[C@H](C)N(C(=O)c2cc4cc([C@H]5CCOC(C)(C)C5)ccc4n2[C@@]2(c4noc(=O)[nH]4)C[C@@H]2C)C2(CCO2)C3)cc(C)c1F. The zero-order valence-corrected chi connectivity index (χ0v) is 38.8. The van der Waals surface area contributed by atoms with Crippen LogP contribution in [0.25, 0.3) is 39.0 Å². The van der Waals surface area contributed by atoms with Crippen molar-refractivity contribution >= 4 is 27.7 Å². The highest BCUT2D eigenvalue weighted by molar-refractivity contribution is 6.00. The van der Waals surface area contributed by atoms with E-state index in [-0.39, 0.29) is 46.7 Å². The fourth-order valence-electron chi connectivity index (χ4n) is 11.7. The summed E-state index contributed by atoms with van der Waals surface area (Å²) in [7, 11) is 1.72. The van der Waals surface area contributed by atoms with E-state index >= 15 is 13.6 Å². The highest BCUT2D eigenvalue weighted by atomic mass is 19.1. The van der Waals surface area contributed by atoms with E-state index in [9.17, 15) is 9.59 Å². The van der Waals surface area contributed by atoms with Gasteiger partial charge in [-0.3, -0.25) is 28.1 Å². The van der Waals surface area contributed by atoms with Crippen LogP contribution in [-0.4, -0.2) is 78.7 Å². The molecular weight excluding hydrogens is 875 g/mol. The Morgan fingerprint density at radius 1 is 0.912 bits per heavy atom. The first-order valence-corrected chi connectivity index (χ1v) is 23.1. The van der Waals surface area contributed by atoms with Crippen molar-refractivity contribution in [1.82, 2.24) is 48.3 Å². The zero-order valence-electron chi connectivity index (χ0n) is 38.8. The molecule has 1 amide bonds. The normalized spacial score (nSPS) is 24.2. The van der Waals surface area contributed by atoms with Crippen LogP contribution in [0.4, 0.5) is 8.78 Å². The van der Waals surface area contributed by atoms with E-state index in [1.165, 1.54) is 21.5 Å². The molecule has 8 aromatic rings. The highest BCUT2D eigenvalue weighted by Crippen LogP contribution is 2.57. The number of amides is 1. The van der Waals surface area contributed by atoms with E-state index in [4.69, 9.17) is 19.1 Å². The number of aromatic nitrogens is 9. The van der Waals surface area contributed by atoms with Gasteiger partial charge in [0.2, 0.25) is 0 Å². The maximum Gasteiger partial charge on any atom is 0.438 e. The Balaban J connectivity index is 1.04. The first kappa shape index (κ1) is 42.4. The Hall–Kier alpha value is -6.92. The number of rotatable bonds is 7. The smallest absolute Gasteiger partial charge is 0.376 e. The summed E-state index contributed by atoms with van der Waals surface area (Å²) >= 11 is 0. The fourth-order valence-corrected chi connectivity index (χ4v) is 11.7. The fraction of sp³-hybridized carbons (Fsp3) is 0.400. The molecule has 350 valence electrons. The number of carbonyl (C=O) groups is 1. The van der Waals surface area contributed by atoms with Gasteiger partial charge in [-0.1, -0.05) is 18.1 Å². The molecule has 1 aliphatic carbocycles. The van der Waals surface area contributed by atoms with Gasteiger partial charge in [0.15, 0.2) is 17.4 Å². The standard InChI is InChI=1S/C50H50F2N10O6/c1-26-18-33(19-27(2)41(26)51)62-43(59-15-14-58(47(59)65)38-11-10-37-34(42(38)52)25-53-57(37)7)40-29(4)60(49(13-17-67-49)24-35(40)55-62)44(63)39-21-32-20-30(31-12-16-66-48(5,6)23-31)8-9-36(32)61(39)50(22-28(50)3)45-54-46(64)68-56-45/h8-11,14-15,18-21,25,28-29,31H,12-13,16-17,22-24H2,1-7H3,(H,54,56,64)/t28-,29-,31-,49?,50-/m0/s1. The maximum atomic E-state index is 16.3. The predicted molar refractivity (Wildman–Crippen MR) is 246 cm³/mol. The van der Waals surface area contributed by atoms with Crippen LogP contribution in [0.2, 0.25) is 0 Å². The molecule has 0 bridgehead atoms. The van der Waals surface area contributed by atoms with Crippen molar-refractivity contribution in [2.24, 2.45) is 13.0 Å². The second kappa shape index (κ2) is 14.5. The van der Waals surface area contributed by atoms with Crippen LogP contribution in [0.1, 0.15) is 110 Å². The van der Waals surface area contributed by atoms with Gasteiger partial charge in [0.05, 0.1) is 52.4 Å². The minimum absolute atomic E-state index is 0.0301. The third kappa shape index (κ3) is 6.01. The van der Waals surface area contributed by atoms with Crippen molar-refractivity contribution in [3.8, 4) is 17.2 Å². The largest absolute Gasteiger partial charge is 0.438 e. The first-order chi connectivity index (χ1) is 32.5. The molecule has 3 aromatic carbocycles. The molecule has 1 spiro atoms. The Labute approximate surface area is 387 Å². The molecule has 2 saturated heterocycles. The van der Waals surface area contributed by atoms with Crippen molar-refractivity contribution in [3.05, 3.63) is 139 Å². The van der Waals surface area contributed by atoms with E-state index in [0.29, 0.717) is 77.0 Å². The van der Waals surface area contributed by atoms with Gasteiger partial charge < -0.3 is 18.9 Å². The number of aromatic amines is 1. The van der Waals surface area contributed by atoms with Crippen LogP contribution in [0.15, 0.2) is 81.2 Å². The monoisotopic (exact) mass is 924 g/mol. The summed E-state index contributed by atoms with van der Waals surface area (Å²) in [5.74, 6) is -1.14. The van der Waals surface area contributed by atoms with E-state index < -0.39 is 34.6 Å². The number of H-pyrrole nitrogens is 1. The van der Waals surface area contributed by atoms with Crippen LogP contribution in [-0.2, 0) is 28.5 Å². The van der Waals surface area contributed by atoms with Crippen molar-refractivity contribution in [3.63, 3.8) is 0 Å². The molecule has 1 saturated carbocycles. The summed E-state index contributed by atoms with van der Waals surface area (Å²) in [6.07, 6.45) is 7.46. The molecule has 3 fully saturated rings. The molecule has 1 unspecified atom stereocenters. The topological polar surface area (TPSA) is 165 Å². The Bertz CT molecular complexity index is 3520. The molecule has 1 N–H and O–H groups in total. The third-order valence-electron chi connectivity index (χ3n) is 15.3.